The van der Waals surface area contributed by atoms with Crippen molar-refractivity contribution in [2.24, 2.45) is 0 Å². The Kier molecular flexibility index (Phi) is 1.53. The molecule has 0 aliphatic carbocycles. The molecule has 0 fully saturated rings. The molecule has 1 radical (unpaired) electrons. The molecule has 0 saturated carbocycles. The maximum atomic E-state index is 8.66. The van der Waals surface area contributed by atoms with Gasteiger partial charge in [0.2, 0.25) is 5.88 Å². The second-order valence-electron chi connectivity index (χ2n) is 1.61. The van der Waals surface area contributed by atoms with Gasteiger partial charge in [-0.1, -0.05) is 6.08 Å². The van der Waals surface area contributed by atoms with E-state index in [0.29, 0.717) is 6.54 Å². The van der Waals surface area contributed by atoms with Crippen molar-refractivity contribution in [2.45, 2.75) is 6.54 Å². The van der Waals surface area contributed by atoms with Gasteiger partial charge >= 0.3 is 0 Å². The third kappa shape index (κ3) is 1.32. The summed E-state index contributed by atoms with van der Waals surface area (Å²) in [5.41, 5.74) is 0. The van der Waals surface area contributed by atoms with E-state index in [0.717, 1.165) is 0 Å². The molecule has 3 heteroatoms. The average molecular weight is 123 g/mol. The van der Waals surface area contributed by atoms with Gasteiger partial charge in [-0.25, -0.2) is 0 Å². The van der Waals surface area contributed by atoms with Crippen LogP contribution in [0.2, 0.25) is 0 Å². The fraction of sp³-hybridized carbons (Fsp3) is 0.167. The Morgan fingerprint density at radius 1 is 2.00 bits per heavy atom. The van der Waals surface area contributed by atoms with Crippen LogP contribution in [0.1, 0.15) is 0 Å². The first-order valence-corrected chi connectivity index (χ1v) is 2.58. The molecular formula is C6H7N2O. The number of allylic oxidation sites excluding steroid dienone is 1. The van der Waals surface area contributed by atoms with Crippen molar-refractivity contribution in [3.8, 4) is 5.88 Å². The molecule has 1 rings (SSSR count). The number of aromatic hydroxyl groups is 1. The number of nitrogens with zero attached hydrogens (tertiary/aromatic N) is 2. The lowest BCUT2D eigenvalue weighted by atomic mass is 10.6. The van der Waals surface area contributed by atoms with Gasteiger partial charge in [-0.2, -0.15) is 0 Å². The van der Waals surface area contributed by atoms with Crippen LogP contribution in [-0.4, -0.2) is 14.9 Å². The van der Waals surface area contributed by atoms with Gasteiger partial charge in [-0.15, -0.1) is 11.7 Å². The van der Waals surface area contributed by atoms with Crippen molar-refractivity contribution >= 4 is 0 Å². The summed E-state index contributed by atoms with van der Waals surface area (Å²) in [6.07, 6.45) is 3.26. The summed E-state index contributed by atoms with van der Waals surface area (Å²) in [6.45, 7) is 4.12. The molecule has 0 aromatic carbocycles. The standard InChI is InChI=1S/C6H7N2O/c1-2-4-8-5-3-6(9)7-8/h2,5H,1,4H2,(H,7,9). The normalized spacial score (nSPS) is 9.33. The molecule has 0 spiro atoms. The summed E-state index contributed by atoms with van der Waals surface area (Å²) in [7, 11) is 0. The van der Waals surface area contributed by atoms with Crippen LogP contribution in [0.25, 0.3) is 0 Å². The minimum Gasteiger partial charge on any atom is -0.492 e. The molecule has 0 amide bonds. The monoisotopic (exact) mass is 123 g/mol. The third-order valence-electron chi connectivity index (χ3n) is 0.882. The summed E-state index contributed by atoms with van der Waals surface area (Å²) in [5.74, 6) is -0.0724. The molecule has 1 aromatic heterocycles. The molecule has 47 valence electrons. The summed E-state index contributed by atoms with van der Waals surface area (Å²) in [6, 6.07) is 2.51. The first kappa shape index (κ1) is 5.88. The lowest BCUT2D eigenvalue weighted by molar-refractivity contribution is 0.441. The molecular weight excluding hydrogens is 116 g/mol. The number of rotatable bonds is 2. The molecule has 0 saturated heterocycles. The van der Waals surface area contributed by atoms with Crippen molar-refractivity contribution in [1.29, 1.82) is 0 Å². The van der Waals surface area contributed by atoms with Crippen molar-refractivity contribution < 1.29 is 5.11 Å². The van der Waals surface area contributed by atoms with Gasteiger partial charge in [0.25, 0.3) is 0 Å². The zero-order valence-electron chi connectivity index (χ0n) is 4.91. The van der Waals surface area contributed by atoms with Crippen molar-refractivity contribution in [3.63, 3.8) is 0 Å². The number of aromatic nitrogens is 2. The van der Waals surface area contributed by atoms with Crippen LogP contribution in [0.5, 0.6) is 5.88 Å². The van der Waals surface area contributed by atoms with E-state index in [1.807, 2.05) is 0 Å². The Balaban J connectivity index is 2.72. The average Bonchev–Trinajstić information content (AvgIpc) is 2.17. The highest BCUT2D eigenvalue weighted by Crippen LogP contribution is 1.99. The van der Waals surface area contributed by atoms with E-state index >= 15 is 0 Å². The minimum atomic E-state index is -0.0724. The second kappa shape index (κ2) is 2.35. The van der Waals surface area contributed by atoms with Gasteiger partial charge in [0, 0.05) is 6.20 Å². The van der Waals surface area contributed by atoms with E-state index in [9.17, 15) is 0 Å². The zero-order valence-corrected chi connectivity index (χ0v) is 4.91. The fourth-order valence-corrected chi connectivity index (χ4v) is 0.537. The molecule has 0 atom stereocenters. The highest BCUT2D eigenvalue weighted by Gasteiger charge is 1.90. The highest BCUT2D eigenvalue weighted by molar-refractivity contribution is 5.00. The Labute approximate surface area is 53.2 Å². The largest absolute Gasteiger partial charge is 0.492 e. The van der Waals surface area contributed by atoms with Crippen LogP contribution in [0.15, 0.2) is 18.9 Å². The molecule has 1 N–H and O–H groups in total. The quantitative estimate of drug-likeness (QED) is 0.584. The molecule has 3 nitrogen and oxygen atoms in total. The second-order valence-corrected chi connectivity index (χ2v) is 1.61. The Bertz CT molecular complexity index is 205. The lowest BCUT2D eigenvalue weighted by Gasteiger charge is -1.89. The molecule has 1 aromatic rings. The molecule has 0 aliphatic rings. The maximum absolute atomic E-state index is 8.66. The smallest absolute Gasteiger partial charge is 0.238 e. The Hall–Kier alpha value is -1.25. The van der Waals surface area contributed by atoms with Gasteiger partial charge < -0.3 is 5.11 Å². The van der Waals surface area contributed by atoms with E-state index in [4.69, 9.17) is 5.11 Å². The topological polar surface area (TPSA) is 38.0 Å². The van der Waals surface area contributed by atoms with Gasteiger partial charge in [0.15, 0.2) is 0 Å². The van der Waals surface area contributed by atoms with Gasteiger partial charge in [-0.05, 0) is 0 Å². The van der Waals surface area contributed by atoms with Crippen molar-refractivity contribution in [1.82, 2.24) is 9.78 Å². The maximum Gasteiger partial charge on any atom is 0.238 e. The molecule has 0 unspecified atom stereocenters. The minimum absolute atomic E-state index is 0.0724. The van der Waals surface area contributed by atoms with Crippen molar-refractivity contribution in [3.05, 3.63) is 24.9 Å². The first-order chi connectivity index (χ1) is 4.33. The number of hydrogen-bond donors (Lipinski definition) is 1. The third-order valence-corrected chi connectivity index (χ3v) is 0.882. The van der Waals surface area contributed by atoms with E-state index in [1.54, 1.807) is 17.0 Å². The summed E-state index contributed by atoms with van der Waals surface area (Å²) < 4.78 is 1.54. The van der Waals surface area contributed by atoms with Gasteiger partial charge in [0.1, 0.15) is 0 Å². The van der Waals surface area contributed by atoms with E-state index in [2.05, 4.69) is 17.7 Å². The summed E-state index contributed by atoms with van der Waals surface area (Å²) in [5, 5.41) is 12.3. The molecule has 1 heterocycles. The van der Waals surface area contributed by atoms with E-state index < -0.39 is 0 Å². The van der Waals surface area contributed by atoms with Gasteiger partial charge in [-0.3, -0.25) is 4.68 Å². The summed E-state index contributed by atoms with van der Waals surface area (Å²) >= 11 is 0. The van der Waals surface area contributed by atoms with E-state index in [-0.39, 0.29) is 5.88 Å². The van der Waals surface area contributed by atoms with Crippen LogP contribution in [-0.2, 0) is 6.54 Å². The lowest BCUT2D eigenvalue weighted by Crippen LogP contribution is -1.93. The van der Waals surface area contributed by atoms with Crippen LogP contribution in [0, 0.1) is 6.07 Å². The fourth-order valence-electron chi connectivity index (χ4n) is 0.537. The van der Waals surface area contributed by atoms with Crippen LogP contribution in [0.4, 0.5) is 0 Å². The predicted octanol–water partition coefficient (Wildman–Crippen LogP) is 0.575. The Morgan fingerprint density at radius 2 is 2.78 bits per heavy atom. The first-order valence-electron chi connectivity index (χ1n) is 2.58. The SMILES string of the molecule is C=CCn1c[c]c(O)n1. The molecule has 9 heavy (non-hydrogen) atoms. The Morgan fingerprint density at radius 3 is 3.22 bits per heavy atom. The predicted molar refractivity (Wildman–Crippen MR) is 32.9 cm³/mol. The molecule has 0 aliphatic heterocycles. The van der Waals surface area contributed by atoms with Crippen molar-refractivity contribution in [2.75, 3.05) is 0 Å². The number of hydrogen-bond acceptors (Lipinski definition) is 2. The zero-order chi connectivity index (χ0) is 6.69. The highest BCUT2D eigenvalue weighted by atomic mass is 16.3. The molecule has 0 bridgehead atoms. The van der Waals surface area contributed by atoms with Crippen LogP contribution < -0.4 is 0 Å². The summed E-state index contributed by atoms with van der Waals surface area (Å²) in [4.78, 5) is 0. The van der Waals surface area contributed by atoms with Crippen LogP contribution >= 0.6 is 0 Å². The van der Waals surface area contributed by atoms with Gasteiger partial charge in [0.05, 0.1) is 12.6 Å². The van der Waals surface area contributed by atoms with E-state index in [1.165, 1.54) is 0 Å². The van der Waals surface area contributed by atoms with Crippen LogP contribution in [0.3, 0.4) is 0 Å².